The maximum absolute atomic E-state index is 11.4. The van der Waals surface area contributed by atoms with Gasteiger partial charge in [0.15, 0.2) is 0 Å². The molecule has 26 heavy (non-hydrogen) atoms. The molecular formula is C20H18BrClO4. The van der Waals surface area contributed by atoms with Crippen LogP contribution < -0.4 is 9.47 Å². The summed E-state index contributed by atoms with van der Waals surface area (Å²) in [6.07, 6.45) is 4.18. The van der Waals surface area contributed by atoms with Gasteiger partial charge >= 0.3 is 5.97 Å². The van der Waals surface area contributed by atoms with E-state index in [0.29, 0.717) is 22.3 Å². The van der Waals surface area contributed by atoms with E-state index >= 15 is 0 Å². The van der Waals surface area contributed by atoms with Gasteiger partial charge in [0.25, 0.3) is 0 Å². The Hall–Kier alpha value is -2.24. The maximum Gasteiger partial charge on any atom is 0.330 e. The van der Waals surface area contributed by atoms with E-state index in [-0.39, 0.29) is 12.7 Å². The first-order valence-corrected chi connectivity index (χ1v) is 9.00. The van der Waals surface area contributed by atoms with Crippen molar-refractivity contribution in [2.75, 3.05) is 6.61 Å². The predicted octanol–water partition coefficient (Wildman–Crippen LogP) is 5.95. The Kier molecular flexibility index (Phi) is 7.75. The van der Waals surface area contributed by atoms with E-state index in [2.05, 4.69) is 22.5 Å². The largest absolute Gasteiger partial charge is 0.487 e. The molecule has 0 amide bonds. The lowest BCUT2D eigenvalue weighted by Crippen LogP contribution is -2.09. The van der Waals surface area contributed by atoms with Crippen LogP contribution in [0.1, 0.15) is 6.92 Å². The van der Waals surface area contributed by atoms with E-state index in [1.54, 1.807) is 42.5 Å². The van der Waals surface area contributed by atoms with Crippen LogP contribution in [0.15, 0.2) is 71.7 Å². The molecule has 0 aromatic heterocycles. The SMILES string of the molecule is C=CCOC(=O)C=CC(C)Oc1ccc(Oc2ccc(Br)cc2Cl)cc1. The summed E-state index contributed by atoms with van der Waals surface area (Å²) in [7, 11) is 0. The summed E-state index contributed by atoms with van der Waals surface area (Å²) in [5.74, 6) is 1.42. The van der Waals surface area contributed by atoms with E-state index in [1.807, 2.05) is 13.0 Å². The van der Waals surface area contributed by atoms with Crippen LogP contribution in [-0.4, -0.2) is 18.7 Å². The topological polar surface area (TPSA) is 44.8 Å². The van der Waals surface area contributed by atoms with Crippen LogP contribution in [0.2, 0.25) is 5.02 Å². The molecule has 0 aliphatic heterocycles. The zero-order valence-electron chi connectivity index (χ0n) is 14.2. The Morgan fingerprint density at radius 1 is 1.23 bits per heavy atom. The van der Waals surface area contributed by atoms with Crippen molar-refractivity contribution >= 4 is 33.5 Å². The lowest BCUT2D eigenvalue weighted by Gasteiger charge is -2.12. The molecule has 136 valence electrons. The Labute approximate surface area is 166 Å². The molecule has 0 fully saturated rings. The molecular weight excluding hydrogens is 420 g/mol. The summed E-state index contributed by atoms with van der Waals surface area (Å²) >= 11 is 9.49. The number of carbonyl (C=O) groups excluding carboxylic acids is 1. The molecule has 4 nitrogen and oxygen atoms in total. The van der Waals surface area contributed by atoms with Gasteiger partial charge in [0.2, 0.25) is 0 Å². The normalized spacial score (nSPS) is 11.8. The third-order valence-electron chi connectivity index (χ3n) is 3.11. The first-order chi connectivity index (χ1) is 12.5. The molecule has 2 rings (SSSR count). The molecule has 0 N–H and O–H groups in total. The summed E-state index contributed by atoms with van der Waals surface area (Å²) in [4.78, 5) is 11.4. The number of hydrogen-bond acceptors (Lipinski definition) is 4. The van der Waals surface area contributed by atoms with E-state index in [4.69, 9.17) is 25.8 Å². The molecule has 0 radical (unpaired) electrons. The third-order valence-corrected chi connectivity index (χ3v) is 3.90. The molecule has 1 atom stereocenters. The van der Waals surface area contributed by atoms with Crippen LogP contribution in [0.4, 0.5) is 0 Å². The van der Waals surface area contributed by atoms with Crippen LogP contribution in [-0.2, 0) is 9.53 Å². The average molecular weight is 438 g/mol. The van der Waals surface area contributed by atoms with Crippen LogP contribution in [0.3, 0.4) is 0 Å². The van der Waals surface area contributed by atoms with Gasteiger partial charge in [-0.2, -0.15) is 0 Å². The van der Waals surface area contributed by atoms with Gasteiger partial charge in [0, 0.05) is 10.5 Å². The van der Waals surface area contributed by atoms with Crippen molar-refractivity contribution in [2.24, 2.45) is 0 Å². The molecule has 0 spiro atoms. The first-order valence-electron chi connectivity index (χ1n) is 7.83. The number of carbonyl (C=O) groups is 1. The quantitative estimate of drug-likeness (QED) is 0.291. The number of benzene rings is 2. The van der Waals surface area contributed by atoms with Crippen molar-refractivity contribution in [2.45, 2.75) is 13.0 Å². The van der Waals surface area contributed by atoms with Crippen LogP contribution >= 0.6 is 27.5 Å². The molecule has 0 saturated carbocycles. The molecule has 2 aromatic carbocycles. The van der Waals surface area contributed by atoms with Gasteiger partial charge in [-0.1, -0.05) is 40.2 Å². The Morgan fingerprint density at radius 3 is 2.58 bits per heavy atom. The van der Waals surface area contributed by atoms with E-state index in [9.17, 15) is 4.79 Å². The van der Waals surface area contributed by atoms with Gasteiger partial charge in [-0.25, -0.2) is 4.79 Å². The van der Waals surface area contributed by atoms with Gasteiger partial charge in [-0.05, 0) is 55.5 Å². The summed E-state index contributed by atoms with van der Waals surface area (Å²) in [5.41, 5.74) is 0. The minimum atomic E-state index is -0.435. The second-order valence-electron chi connectivity index (χ2n) is 5.25. The fourth-order valence-electron chi connectivity index (χ4n) is 1.93. The molecule has 0 aliphatic carbocycles. The lowest BCUT2D eigenvalue weighted by atomic mass is 10.3. The van der Waals surface area contributed by atoms with Crippen molar-refractivity contribution in [3.05, 3.63) is 76.8 Å². The highest BCUT2D eigenvalue weighted by Crippen LogP contribution is 2.32. The zero-order chi connectivity index (χ0) is 18.9. The average Bonchev–Trinajstić information content (AvgIpc) is 2.62. The highest BCUT2D eigenvalue weighted by Gasteiger charge is 2.06. The second-order valence-corrected chi connectivity index (χ2v) is 6.57. The maximum atomic E-state index is 11.4. The summed E-state index contributed by atoms with van der Waals surface area (Å²) in [5, 5.41) is 0.516. The Morgan fingerprint density at radius 2 is 1.92 bits per heavy atom. The standard InChI is InChI=1S/C20H18BrClO4/c1-3-12-24-20(23)11-4-14(2)25-16-6-8-17(9-7-16)26-19-10-5-15(21)13-18(19)22/h3-11,13-14H,1,12H2,2H3. The van der Waals surface area contributed by atoms with Crippen molar-refractivity contribution in [1.82, 2.24) is 0 Å². The highest BCUT2D eigenvalue weighted by molar-refractivity contribution is 9.10. The Balaban J connectivity index is 1.91. The van der Waals surface area contributed by atoms with Crippen molar-refractivity contribution in [1.29, 1.82) is 0 Å². The van der Waals surface area contributed by atoms with E-state index in [1.165, 1.54) is 12.2 Å². The molecule has 0 bridgehead atoms. The molecule has 6 heteroatoms. The Bertz CT molecular complexity index is 787. The highest BCUT2D eigenvalue weighted by atomic mass is 79.9. The van der Waals surface area contributed by atoms with Crippen molar-refractivity contribution in [3.63, 3.8) is 0 Å². The van der Waals surface area contributed by atoms with Gasteiger partial charge in [-0.15, -0.1) is 0 Å². The summed E-state index contributed by atoms with van der Waals surface area (Å²) in [6.45, 7) is 5.49. The summed E-state index contributed by atoms with van der Waals surface area (Å²) in [6, 6.07) is 12.5. The number of hydrogen-bond donors (Lipinski definition) is 0. The molecule has 0 aliphatic rings. The fourth-order valence-corrected chi connectivity index (χ4v) is 2.64. The first kappa shape index (κ1) is 20.1. The zero-order valence-corrected chi connectivity index (χ0v) is 16.5. The van der Waals surface area contributed by atoms with Gasteiger partial charge in [0.05, 0.1) is 5.02 Å². The summed E-state index contributed by atoms with van der Waals surface area (Å²) < 4.78 is 17.2. The number of halogens is 2. The molecule has 2 aromatic rings. The van der Waals surface area contributed by atoms with Crippen LogP contribution in [0.25, 0.3) is 0 Å². The van der Waals surface area contributed by atoms with Gasteiger partial charge < -0.3 is 14.2 Å². The van der Waals surface area contributed by atoms with E-state index in [0.717, 1.165) is 4.47 Å². The van der Waals surface area contributed by atoms with Gasteiger partial charge in [-0.3, -0.25) is 0 Å². The molecule has 1 unspecified atom stereocenters. The predicted molar refractivity (Wildman–Crippen MR) is 106 cm³/mol. The number of esters is 1. The van der Waals surface area contributed by atoms with Gasteiger partial charge in [0.1, 0.15) is 30.0 Å². The smallest absolute Gasteiger partial charge is 0.330 e. The van der Waals surface area contributed by atoms with Crippen LogP contribution in [0.5, 0.6) is 17.2 Å². The second kappa shape index (κ2) is 10.0. The molecule has 0 saturated heterocycles. The fraction of sp³-hybridized carbons (Fsp3) is 0.150. The number of rotatable bonds is 8. The monoisotopic (exact) mass is 436 g/mol. The minimum Gasteiger partial charge on any atom is -0.487 e. The third kappa shape index (κ3) is 6.58. The van der Waals surface area contributed by atoms with Crippen molar-refractivity contribution < 1.29 is 19.0 Å². The van der Waals surface area contributed by atoms with Crippen molar-refractivity contribution in [3.8, 4) is 17.2 Å². The van der Waals surface area contributed by atoms with Crippen LogP contribution in [0, 0.1) is 0 Å². The van der Waals surface area contributed by atoms with E-state index < -0.39 is 5.97 Å². The lowest BCUT2D eigenvalue weighted by molar-refractivity contribution is -0.136. The number of ether oxygens (including phenoxy) is 3. The molecule has 0 heterocycles. The minimum absolute atomic E-state index is 0.183.